The lowest BCUT2D eigenvalue weighted by Crippen LogP contribution is -2.18. The summed E-state index contributed by atoms with van der Waals surface area (Å²) in [6, 6.07) is 11.1. The van der Waals surface area contributed by atoms with E-state index in [1.807, 2.05) is 47.4 Å². The average molecular weight is 751 g/mol. The van der Waals surface area contributed by atoms with Gasteiger partial charge in [0, 0.05) is 58.0 Å². The van der Waals surface area contributed by atoms with Gasteiger partial charge in [-0.3, -0.25) is 0 Å². The second kappa shape index (κ2) is 20.8. The van der Waals surface area contributed by atoms with Gasteiger partial charge in [-0.15, -0.1) is 24.0 Å². The Bertz CT molecular complexity index is 1410. The number of ether oxygens (including phenoxy) is 1. The minimum absolute atomic E-state index is 0. The summed E-state index contributed by atoms with van der Waals surface area (Å²) in [6.45, 7) is 1.93. The lowest BCUT2D eigenvalue weighted by atomic mass is 9.98. The number of imidazole rings is 2. The fourth-order valence-electron chi connectivity index (χ4n) is 5.54. The Labute approximate surface area is 303 Å². The van der Waals surface area contributed by atoms with Crippen molar-refractivity contribution in [2.45, 2.75) is 102 Å². The molecule has 2 heterocycles. The zero-order chi connectivity index (χ0) is 32.0. The first-order valence-electron chi connectivity index (χ1n) is 15.5. The van der Waals surface area contributed by atoms with Crippen molar-refractivity contribution in [1.29, 1.82) is 0 Å². The van der Waals surface area contributed by atoms with Gasteiger partial charge in [0.05, 0.1) is 18.1 Å². The molecule has 2 saturated carbocycles. The molecule has 6 rings (SSSR count). The van der Waals surface area contributed by atoms with Crippen LogP contribution in [0.15, 0.2) is 61.2 Å². The first-order chi connectivity index (χ1) is 21.8. The number of benzene rings is 2. The number of nitrogens with zero attached hydrogens (tertiary/aromatic N) is 4. The molecule has 0 radical (unpaired) electrons. The van der Waals surface area contributed by atoms with E-state index in [0.29, 0.717) is 51.8 Å². The molecule has 4 aromatic rings. The van der Waals surface area contributed by atoms with Crippen LogP contribution in [0.25, 0.3) is 0 Å². The van der Waals surface area contributed by atoms with Crippen LogP contribution in [0.4, 0.5) is 0 Å². The van der Waals surface area contributed by atoms with Crippen molar-refractivity contribution >= 4 is 70.4 Å². The Balaban J connectivity index is 0.000000210. The van der Waals surface area contributed by atoms with Crippen LogP contribution in [0.3, 0.4) is 0 Å². The Morgan fingerprint density at radius 1 is 0.652 bits per heavy atom. The first-order valence-corrected chi connectivity index (χ1v) is 17.6. The van der Waals surface area contributed by atoms with E-state index >= 15 is 0 Å². The SMILES string of the molecule is Cl.ClCc1nccn1Cc1cc(Cl)cc(Cl)c1.Clc1cc(Cl)cc(Cn2ccnc2COC2CCCCC2)c1.OC1CCCCC1. The summed E-state index contributed by atoms with van der Waals surface area (Å²) in [6.07, 6.45) is 19.9. The highest BCUT2D eigenvalue weighted by Crippen LogP contribution is 2.23. The normalized spacial score (nSPS) is 15.3. The Morgan fingerprint density at radius 2 is 1.09 bits per heavy atom. The van der Waals surface area contributed by atoms with Crippen molar-refractivity contribution in [1.82, 2.24) is 19.1 Å². The quantitative estimate of drug-likeness (QED) is 0.182. The Morgan fingerprint density at radius 3 is 1.52 bits per heavy atom. The third-order valence-electron chi connectivity index (χ3n) is 7.85. The molecule has 12 heteroatoms. The van der Waals surface area contributed by atoms with Crippen LogP contribution in [-0.2, 0) is 30.3 Å². The summed E-state index contributed by atoms with van der Waals surface area (Å²) < 4.78 is 10.1. The maximum absolute atomic E-state index is 8.91. The summed E-state index contributed by atoms with van der Waals surface area (Å²) >= 11 is 29.7. The maximum atomic E-state index is 8.91. The summed E-state index contributed by atoms with van der Waals surface area (Å²) in [7, 11) is 0. The summed E-state index contributed by atoms with van der Waals surface area (Å²) in [5, 5.41) is 11.5. The van der Waals surface area contributed by atoms with Gasteiger partial charge in [0.25, 0.3) is 0 Å². The third kappa shape index (κ3) is 13.6. The highest BCUT2D eigenvalue weighted by atomic mass is 35.5. The van der Waals surface area contributed by atoms with Gasteiger partial charge in [0.2, 0.25) is 0 Å². The fourth-order valence-corrected chi connectivity index (χ4v) is 6.91. The molecule has 0 amide bonds. The largest absolute Gasteiger partial charge is 0.393 e. The standard InChI is InChI=1S/C17H20Cl2N2O.C11H9Cl3N2.C6H12O.ClH/c18-14-8-13(9-15(19)10-14)11-21-7-6-20-17(21)12-22-16-4-2-1-3-5-16;12-6-11-15-1-2-16(11)7-8-3-9(13)5-10(14)4-8;7-6-4-2-1-3-5-6;/h6-10,16H,1-5,11-12H2;1-5H,6-7H2;6-7H,1-5H2;1H. The van der Waals surface area contributed by atoms with E-state index in [1.165, 1.54) is 51.4 Å². The number of aliphatic hydroxyl groups is 1. The van der Waals surface area contributed by atoms with Crippen LogP contribution >= 0.6 is 70.4 Å². The molecule has 0 bridgehead atoms. The number of rotatable bonds is 8. The van der Waals surface area contributed by atoms with Crippen LogP contribution in [0.1, 0.15) is 87.0 Å². The zero-order valence-corrected chi connectivity index (χ0v) is 30.4. The molecule has 0 unspecified atom stereocenters. The van der Waals surface area contributed by atoms with Crippen molar-refractivity contribution in [2.75, 3.05) is 0 Å². The van der Waals surface area contributed by atoms with E-state index in [1.54, 1.807) is 18.3 Å². The molecule has 2 aliphatic carbocycles. The predicted octanol–water partition coefficient (Wildman–Crippen LogP) is 10.8. The third-order valence-corrected chi connectivity index (χ3v) is 8.96. The van der Waals surface area contributed by atoms with Crippen molar-refractivity contribution in [3.63, 3.8) is 0 Å². The van der Waals surface area contributed by atoms with Crippen molar-refractivity contribution in [3.05, 3.63) is 104 Å². The number of alkyl halides is 1. The molecule has 2 aromatic heterocycles. The molecule has 0 atom stereocenters. The van der Waals surface area contributed by atoms with Crippen LogP contribution in [0, 0.1) is 0 Å². The first kappa shape index (κ1) is 39.0. The second-order valence-corrected chi connectivity index (χ2v) is 13.5. The minimum Gasteiger partial charge on any atom is -0.393 e. The van der Waals surface area contributed by atoms with Crippen molar-refractivity contribution in [3.8, 4) is 0 Å². The molecule has 6 nitrogen and oxygen atoms in total. The molecule has 2 fully saturated rings. The molecule has 2 aliphatic rings. The molecule has 252 valence electrons. The van der Waals surface area contributed by atoms with E-state index in [-0.39, 0.29) is 18.5 Å². The van der Waals surface area contributed by atoms with Gasteiger partial charge in [-0.2, -0.15) is 0 Å². The monoisotopic (exact) mass is 748 g/mol. The topological polar surface area (TPSA) is 65.1 Å². The van der Waals surface area contributed by atoms with Gasteiger partial charge in [0.1, 0.15) is 18.3 Å². The summed E-state index contributed by atoms with van der Waals surface area (Å²) in [5.74, 6) is 2.17. The second-order valence-electron chi connectivity index (χ2n) is 11.5. The highest BCUT2D eigenvalue weighted by molar-refractivity contribution is 6.35. The zero-order valence-electron chi connectivity index (χ0n) is 25.8. The van der Waals surface area contributed by atoms with E-state index in [9.17, 15) is 0 Å². The fraction of sp³-hybridized carbons (Fsp3) is 0.471. The van der Waals surface area contributed by atoms with Gasteiger partial charge in [-0.05, 0) is 73.2 Å². The molecule has 0 aliphatic heterocycles. The van der Waals surface area contributed by atoms with Crippen LogP contribution in [0.2, 0.25) is 20.1 Å². The number of aromatic nitrogens is 4. The number of aliphatic hydroxyl groups excluding tert-OH is 1. The predicted molar refractivity (Wildman–Crippen MR) is 193 cm³/mol. The minimum atomic E-state index is 0. The van der Waals surface area contributed by atoms with Crippen LogP contribution in [-0.4, -0.2) is 36.4 Å². The van der Waals surface area contributed by atoms with Gasteiger partial charge in [-0.25, -0.2) is 9.97 Å². The molecular formula is C34H42Cl6N4O2. The van der Waals surface area contributed by atoms with Crippen molar-refractivity contribution in [2.24, 2.45) is 0 Å². The Hall–Kier alpha value is -1.48. The van der Waals surface area contributed by atoms with Gasteiger partial charge in [-0.1, -0.05) is 84.9 Å². The van der Waals surface area contributed by atoms with Gasteiger partial charge >= 0.3 is 0 Å². The van der Waals surface area contributed by atoms with Gasteiger partial charge < -0.3 is 19.0 Å². The molecule has 0 saturated heterocycles. The Kier molecular flexibility index (Phi) is 17.6. The summed E-state index contributed by atoms with van der Waals surface area (Å²) in [5.41, 5.74) is 2.09. The van der Waals surface area contributed by atoms with E-state index in [0.717, 1.165) is 35.6 Å². The number of hydrogen-bond donors (Lipinski definition) is 1. The molecule has 46 heavy (non-hydrogen) atoms. The summed E-state index contributed by atoms with van der Waals surface area (Å²) in [4.78, 5) is 8.55. The smallest absolute Gasteiger partial charge is 0.135 e. The van der Waals surface area contributed by atoms with Gasteiger partial charge in [0.15, 0.2) is 0 Å². The van der Waals surface area contributed by atoms with E-state index in [2.05, 4.69) is 14.5 Å². The molecule has 2 aromatic carbocycles. The average Bonchev–Trinajstić information content (AvgIpc) is 3.65. The lowest BCUT2D eigenvalue weighted by molar-refractivity contribution is 0.0124. The molecular weight excluding hydrogens is 709 g/mol. The molecule has 0 spiro atoms. The van der Waals surface area contributed by atoms with Crippen LogP contribution in [0.5, 0.6) is 0 Å². The van der Waals surface area contributed by atoms with E-state index in [4.69, 9.17) is 67.8 Å². The number of hydrogen-bond acceptors (Lipinski definition) is 4. The van der Waals surface area contributed by atoms with Crippen molar-refractivity contribution < 1.29 is 9.84 Å². The van der Waals surface area contributed by atoms with E-state index < -0.39 is 0 Å². The highest BCUT2D eigenvalue weighted by Gasteiger charge is 2.15. The lowest BCUT2D eigenvalue weighted by Gasteiger charge is -2.22. The van der Waals surface area contributed by atoms with Crippen LogP contribution < -0.4 is 0 Å². The maximum Gasteiger partial charge on any atom is 0.135 e. The molecule has 1 N–H and O–H groups in total. The number of halogens is 6.